The molecule has 2 amide bonds. The molecule has 0 spiro atoms. The van der Waals surface area contributed by atoms with Gasteiger partial charge in [0.15, 0.2) is 0 Å². The molecule has 2 rings (SSSR count). The van der Waals surface area contributed by atoms with Gasteiger partial charge in [-0.3, -0.25) is 9.58 Å². The molecule has 3 unspecified atom stereocenters. The molecule has 0 aliphatic carbocycles. The normalized spacial score (nSPS) is 22.4. The molecular weight excluding hydrogens is 284 g/mol. The molecule has 3 atom stereocenters. The van der Waals surface area contributed by atoms with Crippen LogP contribution in [-0.2, 0) is 6.54 Å². The molecule has 0 bridgehead atoms. The quantitative estimate of drug-likeness (QED) is 0.784. The maximum absolute atomic E-state index is 12.3. The Hall–Kier alpha value is -1.67. The summed E-state index contributed by atoms with van der Waals surface area (Å²) in [6, 6.07) is 0.191. The molecule has 1 aromatic rings. The Bertz CT molecular complexity index is 464. The van der Waals surface area contributed by atoms with Crippen LogP contribution in [0.25, 0.3) is 0 Å². The summed E-state index contributed by atoms with van der Waals surface area (Å²) in [5.41, 5.74) is 0. The fourth-order valence-corrected chi connectivity index (χ4v) is 2.75. The number of nitrogens with one attached hydrogen (secondary N) is 1. The monoisotopic (exact) mass is 310 g/mol. The van der Waals surface area contributed by atoms with Crippen LogP contribution in [0, 0.1) is 0 Å². The van der Waals surface area contributed by atoms with Crippen LogP contribution in [0.15, 0.2) is 12.7 Å². The number of hydrogen-bond acceptors (Lipinski definition) is 5. The van der Waals surface area contributed by atoms with Crippen molar-refractivity contribution in [3.05, 3.63) is 12.7 Å². The number of carbonyl (C=O) groups excluding carboxylic acids is 1. The molecular formula is C14H26N6O2. The van der Waals surface area contributed by atoms with Crippen molar-refractivity contribution >= 4 is 6.03 Å². The molecule has 8 heteroatoms. The molecule has 1 saturated heterocycles. The van der Waals surface area contributed by atoms with E-state index in [2.05, 4.69) is 27.2 Å². The first-order valence-corrected chi connectivity index (χ1v) is 7.75. The number of carbonyl (C=O) groups is 1. The minimum absolute atomic E-state index is 0.0139. The summed E-state index contributed by atoms with van der Waals surface area (Å²) in [6.07, 6.45) is 2.78. The predicted molar refractivity (Wildman–Crippen MR) is 82.3 cm³/mol. The van der Waals surface area contributed by atoms with E-state index in [4.69, 9.17) is 0 Å². The topological polar surface area (TPSA) is 86.5 Å². The highest BCUT2D eigenvalue weighted by atomic mass is 16.3. The van der Waals surface area contributed by atoms with E-state index in [9.17, 15) is 9.90 Å². The Balaban J connectivity index is 1.78. The zero-order valence-electron chi connectivity index (χ0n) is 13.5. The molecule has 0 radical (unpaired) electrons. The van der Waals surface area contributed by atoms with Gasteiger partial charge in [0.1, 0.15) is 12.7 Å². The molecule has 2 N–H and O–H groups in total. The largest absolute Gasteiger partial charge is 0.392 e. The van der Waals surface area contributed by atoms with Gasteiger partial charge >= 0.3 is 6.03 Å². The van der Waals surface area contributed by atoms with E-state index in [-0.39, 0.29) is 24.2 Å². The highest BCUT2D eigenvalue weighted by Gasteiger charge is 2.27. The summed E-state index contributed by atoms with van der Waals surface area (Å²) in [5, 5.41) is 16.5. The second-order valence-electron chi connectivity index (χ2n) is 6.11. The third kappa shape index (κ3) is 4.67. The van der Waals surface area contributed by atoms with Crippen molar-refractivity contribution in [2.24, 2.45) is 0 Å². The lowest BCUT2D eigenvalue weighted by Gasteiger charge is -2.40. The van der Waals surface area contributed by atoms with Crippen molar-refractivity contribution in [3.63, 3.8) is 0 Å². The van der Waals surface area contributed by atoms with Gasteiger partial charge in [-0.1, -0.05) is 0 Å². The number of piperazine rings is 1. The van der Waals surface area contributed by atoms with Crippen LogP contribution in [0.1, 0.15) is 20.8 Å². The number of aliphatic hydroxyl groups is 1. The van der Waals surface area contributed by atoms with Crippen LogP contribution in [-0.4, -0.2) is 80.1 Å². The molecule has 22 heavy (non-hydrogen) atoms. The van der Waals surface area contributed by atoms with E-state index in [0.29, 0.717) is 26.2 Å². The smallest absolute Gasteiger partial charge is 0.317 e. The maximum Gasteiger partial charge on any atom is 0.317 e. The second kappa shape index (κ2) is 7.55. The molecule has 1 aliphatic rings. The highest BCUT2D eigenvalue weighted by molar-refractivity contribution is 5.74. The molecule has 8 nitrogen and oxygen atoms in total. The van der Waals surface area contributed by atoms with Crippen LogP contribution in [0.3, 0.4) is 0 Å². The number of hydrogen-bond donors (Lipinski definition) is 2. The average molecular weight is 310 g/mol. The lowest BCUT2D eigenvalue weighted by Crippen LogP contribution is -2.57. The van der Waals surface area contributed by atoms with Gasteiger partial charge in [-0.2, -0.15) is 5.10 Å². The zero-order chi connectivity index (χ0) is 16.1. The van der Waals surface area contributed by atoms with Crippen molar-refractivity contribution in [3.8, 4) is 0 Å². The summed E-state index contributed by atoms with van der Waals surface area (Å²) < 4.78 is 1.70. The minimum atomic E-state index is -0.342. The van der Waals surface area contributed by atoms with E-state index in [1.807, 2.05) is 11.8 Å². The number of aliphatic hydroxyl groups excluding tert-OH is 1. The maximum atomic E-state index is 12.3. The van der Waals surface area contributed by atoms with E-state index in [1.165, 1.54) is 6.33 Å². The van der Waals surface area contributed by atoms with Crippen molar-refractivity contribution in [1.82, 2.24) is 29.9 Å². The predicted octanol–water partition coefficient (Wildman–Crippen LogP) is -0.237. The average Bonchev–Trinajstić information content (AvgIpc) is 2.93. The van der Waals surface area contributed by atoms with Gasteiger partial charge in [-0.25, -0.2) is 9.78 Å². The molecule has 0 saturated carbocycles. The standard InChI is InChI=1S/C14H26N6O2/c1-11(6-20-10-15-9-16-20)17-14(22)19-5-4-18(8-13(3)21)12(2)7-19/h9-13,21H,4-8H2,1-3H3,(H,17,22). The summed E-state index contributed by atoms with van der Waals surface area (Å²) in [5.74, 6) is 0. The van der Waals surface area contributed by atoms with Gasteiger partial charge in [-0.15, -0.1) is 0 Å². The first-order chi connectivity index (χ1) is 10.5. The second-order valence-corrected chi connectivity index (χ2v) is 6.11. The lowest BCUT2D eigenvalue weighted by atomic mass is 10.2. The van der Waals surface area contributed by atoms with Gasteiger partial charge in [0.05, 0.1) is 12.6 Å². The van der Waals surface area contributed by atoms with Crippen molar-refractivity contribution in [2.45, 2.75) is 45.5 Å². The minimum Gasteiger partial charge on any atom is -0.392 e. The van der Waals surface area contributed by atoms with Gasteiger partial charge < -0.3 is 15.3 Å². The summed E-state index contributed by atoms with van der Waals surface area (Å²) in [4.78, 5) is 20.3. The van der Waals surface area contributed by atoms with Gasteiger partial charge in [0.2, 0.25) is 0 Å². The van der Waals surface area contributed by atoms with Crippen LogP contribution in [0.5, 0.6) is 0 Å². The number of β-amino-alcohol motifs (C(OH)–C–C–N with tert-alkyl or cyclic N) is 1. The molecule has 2 heterocycles. The molecule has 124 valence electrons. The molecule has 1 aliphatic heterocycles. The summed E-state index contributed by atoms with van der Waals surface area (Å²) in [7, 11) is 0. The Kier molecular flexibility index (Phi) is 5.73. The molecule has 1 fully saturated rings. The fraction of sp³-hybridized carbons (Fsp3) is 0.786. The number of nitrogens with zero attached hydrogens (tertiary/aromatic N) is 5. The number of urea groups is 1. The SMILES string of the molecule is CC(O)CN1CCN(C(=O)NC(C)Cn2cncn2)CC1C. The lowest BCUT2D eigenvalue weighted by molar-refractivity contribution is 0.0561. The van der Waals surface area contributed by atoms with Gasteiger partial charge in [0, 0.05) is 38.3 Å². The van der Waals surface area contributed by atoms with Crippen molar-refractivity contribution in [1.29, 1.82) is 0 Å². The van der Waals surface area contributed by atoms with Crippen LogP contribution < -0.4 is 5.32 Å². The first-order valence-electron chi connectivity index (χ1n) is 7.75. The Morgan fingerprint density at radius 2 is 2.18 bits per heavy atom. The molecule has 0 aromatic carbocycles. The Morgan fingerprint density at radius 3 is 2.77 bits per heavy atom. The van der Waals surface area contributed by atoms with E-state index in [0.717, 1.165) is 6.54 Å². The Morgan fingerprint density at radius 1 is 1.41 bits per heavy atom. The fourth-order valence-electron chi connectivity index (χ4n) is 2.75. The van der Waals surface area contributed by atoms with Crippen LogP contribution >= 0.6 is 0 Å². The first kappa shape index (κ1) is 16.7. The van der Waals surface area contributed by atoms with Crippen LogP contribution in [0.4, 0.5) is 4.79 Å². The Labute approximate surface area is 131 Å². The highest BCUT2D eigenvalue weighted by Crippen LogP contribution is 2.10. The molecule has 1 aromatic heterocycles. The van der Waals surface area contributed by atoms with Crippen LogP contribution in [0.2, 0.25) is 0 Å². The van der Waals surface area contributed by atoms with E-state index >= 15 is 0 Å². The third-order valence-corrected chi connectivity index (χ3v) is 3.85. The third-order valence-electron chi connectivity index (χ3n) is 3.85. The zero-order valence-corrected chi connectivity index (χ0v) is 13.5. The summed E-state index contributed by atoms with van der Waals surface area (Å²) >= 11 is 0. The van der Waals surface area contributed by atoms with Gasteiger partial charge in [-0.05, 0) is 20.8 Å². The number of amides is 2. The van der Waals surface area contributed by atoms with Gasteiger partial charge in [0.25, 0.3) is 0 Å². The number of aromatic nitrogens is 3. The van der Waals surface area contributed by atoms with E-state index in [1.54, 1.807) is 17.9 Å². The van der Waals surface area contributed by atoms with Crippen molar-refractivity contribution < 1.29 is 9.90 Å². The van der Waals surface area contributed by atoms with Crippen molar-refractivity contribution in [2.75, 3.05) is 26.2 Å². The summed E-state index contributed by atoms with van der Waals surface area (Å²) in [6.45, 7) is 9.22. The number of rotatable bonds is 5. The van der Waals surface area contributed by atoms with E-state index < -0.39 is 0 Å².